The Morgan fingerprint density at radius 3 is 2.60 bits per heavy atom. The summed E-state index contributed by atoms with van der Waals surface area (Å²) in [4.78, 5) is 21.2. The standard InChI is InChI=1S/C6H6O4/c1-3(7)6-5(9)4(8)2-10-6/h2,6,8H,1H3. The zero-order valence-corrected chi connectivity index (χ0v) is 5.33. The lowest BCUT2D eigenvalue weighted by Crippen LogP contribution is -2.25. The first kappa shape index (κ1) is 6.80. The maximum absolute atomic E-state index is 10.7. The van der Waals surface area contributed by atoms with Crippen molar-refractivity contribution < 1.29 is 19.4 Å². The second-order valence-electron chi connectivity index (χ2n) is 1.99. The van der Waals surface area contributed by atoms with Gasteiger partial charge in [0.15, 0.2) is 11.5 Å². The minimum Gasteiger partial charge on any atom is -0.502 e. The summed E-state index contributed by atoms with van der Waals surface area (Å²) in [6, 6.07) is 0. The van der Waals surface area contributed by atoms with Gasteiger partial charge in [0.05, 0.1) is 0 Å². The minimum atomic E-state index is -1.11. The van der Waals surface area contributed by atoms with E-state index < -0.39 is 23.4 Å². The molecule has 0 fully saturated rings. The van der Waals surface area contributed by atoms with E-state index in [0.29, 0.717) is 0 Å². The monoisotopic (exact) mass is 142 g/mol. The normalized spacial score (nSPS) is 23.9. The summed E-state index contributed by atoms with van der Waals surface area (Å²) in [5.74, 6) is -1.54. The molecule has 54 valence electrons. The second-order valence-corrected chi connectivity index (χ2v) is 1.99. The van der Waals surface area contributed by atoms with E-state index in [1.54, 1.807) is 0 Å². The van der Waals surface area contributed by atoms with Crippen LogP contribution in [-0.4, -0.2) is 22.8 Å². The fourth-order valence-electron chi connectivity index (χ4n) is 0.667. The molecular weight excluding hydrogens is 136 g/mol. The van der Waals surface area contributed by atoms with Gasteiger partial charge in [-0.05, 0) is 6.92 Å². The highest BCUT2D eigenvalue weighted by Gasteiger charge is 2.32. The highest BCUT2D eigenvalue weighted by atomic mass is 16.5. The Balaban J connectivity index is 2.75. The van der Waals surface area contributed by atoms with Crippen molar-refractivity contribution in [3.05, 3.63) is 12.0 Å². The number of aliphatic hydroxyl groups excluding tert-OH is 1. The third-order valence-electron chi connectivity index (χ3n) is 1.18. The molecule has 1 atom stereocenters. The van der Waals surface area contributed by atoms with Gasteiger partial charge in [-0.15, -0.1) is 0 Å². The van der Waals surface area contributed by atoms with Crippen molar-refractivity contribution >= 4 is 11.6 Å². The van der Waals surface area contributed by atoms with Crippen molar-refractivity contribution in [2.24, 2.45) is 0 Å². The summed E-state index contributed by atoms with van der Waals surface area (Å²) in [5.41, 5.74) is 0. The van der Waals surface area contributed by atoms with Crippen molar-refractivity contribution in [3.8, 4) is 0 Å². The van der Waals surface area contributed by atoms with Crippen LogP contribution in [0.4, 0.5) is 0 Å². The van der Waals surface area contributed by atoms with Crippen LogP contribution in [0.15, 0.2) is 12.0 Å². The van der Waals surface area contributed by atoms with Crippen molar-refractivity contribution in [2.45, 2.75) is 13.0 Å². The van der Waals surface area contributed by atoms with Crippen LogP contribution in [0.2, 0.25) is 0 Å². The molecule has 10 heavy (non-hydrogen) atoms. The van der Waals surface area contributed by atoms with Crippen LogP contribution in [0.1, 0.15) is 6.92 Å². The van der Waals surface area contributed by atoms with Gasteiger partial charge in [-0.25, -0.2) is 0 Å². The number of ether oxygens (including phenoxy) is 1. The minimum absolute atomic E-state index is 0.398. The highest BCUT2D eigenvalue weighted by molar-refractivity contribution is 6.12. The summed E-state index contributed by atoms with van der Waals surface area (Å²) < 4.78 is 4.53. The van der Waals surface area contributed by atoms with E-state index in [2.05, 4.69) is 4.74 Å². The van der Waals surface area contributed by atoms with Crippen LogP contribution >= 0.6 is 0 Å². The first-order valence-electron chi connectivity index (χ1n) is 2.72. The number of rotatable bonds is 1. The average molecular weight is 142 g/mol. The topological polar surface area (TPSA) is 63.6 Å². The molecule has 1 aliphatic rings. The molecule has 1 unspecified atom stereocenters. The maximum Gasteiger partial charge on any atom is 0.248 e. The molecule has 0 aromatic rings. The van der Waals surface area contributed by atoms with Crippen LogP contribution in [0, 0.1) is 0 Å². The lowest BCUT2D eigenvalue weighted by atomic mass is 10.2. The Bertz CT molecular complexity index is 216. The predicted molar refractivity (Wildman–Crippen MR) is 31.3 cm³/mol. The Morgan fingerprint density at radius 1 is 1.80 bits per heavy atom. The molecule has 4 nitrogen and oxygen atoms in total. The first-order valence-corrected chi connectivity index (χ1v) is 2.72. The Hall–Kier alpha value is -1.32. The van der Waals surface area contributed by atoms with Crippen LogP contribution < -0.4 is 0 Å². The summed E-state index contributed by atoms with van der Waals surface area (Å²) in [5, 5.41) is 8.65. The highest BCUT2D eigenvalue weighted by Crippen LogP contribution is 2.11. The molecule has 1 aliphatic heterocycles. The van der Waals surface area contributed by atoms with Crippen molar-refractivity contribution in [1.82, 2.24) is 0 Å². The van der Waals surface area contributed by atoms with Crippen molar-refractivity contribution in [2.75, 3.05) is 0 Å². The summed E-state index contributed by atoms with van der Waals surface area (Å²) in [6.07, 6.45) is -0.228. The van der Waals surface area contributed by atoms with E-state index in [4.69, 9.17) is 5.11 Å². The Kier molecular flexibility index (Phi) is 1.45. The van der Waals surface area contributed by atoms with Gasteiger partial charge in [0.2, 0.25) is 11.9 Å². The smallest absolute Gasteiger partial charge is 0.248 e. The third kappa shape index (κ3) is 0.877. The van der Waals surface area contributed by atoms with E-state index in [9.17, 15) is 9.59 Å². The van der Waals surface area contributed by atoms with Gasteiger partial charge >= 0.3 is 0 Å². The lowest BCUT2D eigenvalue weighted by Gasteiger charge is -2.00. The Morgan fingerprint density at radius 2 is 2.40 bits per heavy atom. The van der Waals surface area contributed by atoms with Crippen LogP contribution in [0.3, 0.4) is 0 Å². The fourth-order valence-corrected chi connectivity index (χ4v) is 0.667. The van der Waals surface area contributed by atoms with Gasteiger partial charge in [0.25, 0.3) is 0 Å². The fraction of sp³-hybridized carbons (Fsp3) is 0.333. The van der Waals surface area contributed by atoms with Gasteiger partial charge < -0.3 is 9.84 Å². The molecule has 0 aromatic heterocycles. The SMILES string of the molecule is CC(=O)C1OC=C(O)C1=O. The number of ketones is 2. The number of aliphatic hydroxyl groups is 1. The molecule has 1 N–H and O–H groups in total. The van der Waals surface area contributed by atoms with Crippen LogP contribution in [0.25, 0.3) is 0 Å². The number of carbonyl (C=O) groups is 2. The number of hydrogen-bond acceptors (Lipinski definition) is 4. The molecule has 0 aromatic carbocycles. The number of carbonyl (C=O) groups excluding carboxylic acids is 2. The zero-order valence-electron chi connectivity index (χ0n) is 5.33. The predicted octanol–water partition coefficient (Wildman–Crippen LogP) is -0.0573. The lowest BCUT2D eigenvalue weighted by molar-refractivity contribution is -0.134. The maximum atomic E-state index is 10.7. The molecule has 0 bridgehead atoms. The quantitative estimate of drug-likeness (QED) is 0.521. The molecule has 0 amide bonds. The zero-order chi connectivity index (χ0) is 7.72. The van der Waals surface area contributed by atoms with Gasteiger partial charge in [0.1, 0.15) is 6.26 Å². The van der Waals surface area contributed by atoms with Crippen molar-refractivity contribution in [3.63, 3.8) is 0 Å². The molecule has 0 radical (unpaired) electrons. The van der Waals surface area contributed by atoms with Gasteiger partial charge in [-0.1, -0.05) is 0 Å². The average Bonchev–Trinajstić information content (AvgIpc) is 2.14. The van der Waals surface area contributed by atoms with E-state index in [-0.39, 0.29) is 0 Å². The van der Waals surface area contributed by atoms with Crippen molar-refractivity contribution in [1.29, 1.82) is 0 Å². The van der Waals surface area contributed by atoms with E-state index in [0.717, 1.165) is 6.26 Å². The number of Topliss-reactive ketones (excluding diaryl/α,β-unsaturated/α-hetero) is 2. The van der Waals surface area contributed by atoms with Gasteiger partial charge in [-0.2, -0.15) is 0 Å². The summed E-state index contributed by atoms with van der Waals surface area (Å²) >= 11 is 0. The molecule has 0 saturated carbocycles. The largest absolute Gasteiger partial charge is 0.502 e. The molecule has 0 spiro atoms. The molecule has 1 rings (SSSR count). The summed E-state index contributed by atoms with van der Waals surface area (Å²) in [7, 11) is 0. The molecule has 1 heterocycles. The molecule has 4 heteroatoms. The third-order valence-corrected chi connectivity index (χ3v) is 1.18. The first-order chi connectivity index (χ1) is 4.63. The van der Waals surface area contributed by atoms with Crippen LogP contribution in [-0.2, 0) is 14.3 Å². The summed E-state index contributed by atoms with van der Waals surface area (Å²) in [6.45, 7) is 1.23. The van der Waals surface area contributed by atoms with E-state index >= 15 is 0 Å². The number of hydrogen-bond donors (Lipinski definition) is 1. The van der Waals surface area contributed by atoms with E-state index in [1.807, 2.05) is 0 Å². The molecular formula is C6H6O4. The van der Waals surface area contributed by atoms with E-state index in [1.165, 1.54) is 6.92 Å². The van der Waals surface area contributed by atoms with Gasteiger partial charge in [-0.3, -0.25) is 9.59 Å². The van der Waals surface area contributed by atoms with Crippen LogP contribution in [0.5, 0.6) is 0 Å². The Labute approximate surface area is 57.1 Å². The van der Waals surface area contributed by atoms with Gasteiger partial charge in [0, 0.05) is 0 Å². The molecule has 0 aliphatic carbocycles. The molecule has 0 saturated heterocycles. The second kappa shape index (κ2) is 2.13.